The highest BCUT2D eigenvalue weighted by Gasteiger charge is 2.18. The molecule has 3 aromatic heterocycles. The number of para-hydroxylation sites is 4. The average Bonchev–Trinajstić information content (AvgIpc) is 3.88. The summed E-state index contributed by atoms with van der Waals surface area (Å²) in [5.74, 6) is 1.17. The van der Waals surface area contributed by atoms with Crippen molar-refractivity contribution in [3.63, 3.8) is 0 Å². The molecule has 0 fully saturated rings. The predicted octanol–water partition coefficient (Wildman–Crippen LogP) is 11.1. The maximum Gasteiger partial charge on any atom is 0.227 e. The Balaban J connectivity index is 1.15. The van der Waals surface area contributed by atoms with E-state index in [1.165, 1.54) is 0 Å². The van der Waals surface area contributed by atoms with Crippen molar-refractivity contribution >= 4 is 54.8 Å². The predicted molar refractivity (Wildman–Crippen MR) is 194 cm³/mol. The Labute approximate surface area is 279 Å². The van der Waals surface area contributed by atoms with Crippen LogP contribution in [0.2, 0.25) is 0 Å². The highest BCUT2D eigenvalue weighted by molar-refractivity contribution is 6.11. The topological polar surface area (TPSA) is 80.8 Å². The molecule has 228 valence electrons. The zero-order valence-electron chi connectivity index (χ0n) is 26.0. The number of nitriles is 1. The van der Waals surface area contributed by atoms with Gasteiger partial charge in [-0.2, -0.15) is 5.26 Å². The fraction of sp³-hybridized carbons (Fsp3) is 0. The molecule has 6 nitrogen and oxygen atoms in total. The van der Waals surface area contributed by atoms with E-state index >= 15 is 0 Å². The average molecular weight is 629 g/mol. The van der Waals surface area contributed by atoms with Crippen molar-refractivity contribution < 1.29 is 8.83 Å². The Bertz CT molecular complexity index is 2760. The van der Waals surface area contributed by atoms with Gasteiger partial charge < -0.3 is 13.4 Å². The van der Waals surface area contributed by atoms with Crippen LogP contribution in [0.3, 0.4) is 0 Å². The lowest BCUT2D eigenvalue weighted by Crippen LogP contribution is -1.94. The Morgan fingerprint density at radius 1 is 0.490 bits per heavy atom. The second-order valence-electron chi connectivity index (χ2n) is 12.2. The number of hydrogen-bond donors (Lipinski definition) is 0. The summed E-state index contributed by atoms with van der Waals surface area (Å²) in [7, 11) is 0. The lowest BCUT2D eigenvalue weighted by Gasteiger charge is -2.11. The van der Waals surface area contributed by atoms with Crippen LogP contribution in [-0.2, 0) is 0 Å². The first-order valence-corrected chi connectivity index (χ1v) is 16.0. The Morgan fingerprint density at radius 2 is 1.02 bits per heavy atom. The Hall–Kier alpha value is -6.97. The van der Waals surface area contributed by atoms with Crippen LogP contribution in [0.4, 0.5) is 0 Å². The minimum absolute atomic E-state index is 0.586. The summed E-state index contributed by atoms with van der Waals surface area (Å²) >= 11 is 0. The van der Waals surface area contributed by atoms with Gasteiger partial charge in [-0.05, 0) is 113 Å². The summed E-state index contributed by atoms with van der Waals surface area (Å²) in [5.41, 5.74) is 11.0. The van der Waals surface area contributed by atoms with Gasteiger partial charge in [0.1, 0.15) is 11.0 Å². The molecule has 0 saturated heterocycles. The van der Waals surface area contributed by atoms with E-state index in [0.29, 0.717) is 17.3 Å². The minimum atomic E-state index is 0.586. The summed E-state index contributed by atoms with van der Waals surface area (Å²) in [6.07, 6.45) is 0. The van der Waals surface area contributed by atoms with Gasteiger partial charge in [0.2, 0.25) is 11.8 Å². The molecule has 0 spiro atoms. The lowest BCUT2D eigenvalue weighted by atomic mass is 10.00. The van der Waals surface area contributed by atoms with Crippen molar-refractivity contribution in [1.82, 2.24) is 14.5 Å². The number of rotatable bonds is 4. The van der Waals surface area contributed by atoms with Crippen LogP contribution in [0.15, 0.2) is 154 Å². The van der Waals surface area contributed by atoms with E-state index in [1.54, 1.807) is 0 Å². The van der Waals surface area contributed by atoms with Crippen LogP contribution in [-0.4, -0.2) is 14.5 Å². The quantitative estimate of drug-likeness (QED) is 0.194. The lowest BCUT2D eigenvalue weighted by molar-refractivity contribution is 0.619. The van der Waals surface area contributed by atoms with Crippen molar-refractivity contribution in [2.24, 2.45) is 0 Å². The number of benzene rings is 7. The van der Waals surface area contributed by atoms with Gasteiger partial charge in [-0.25, -0.2) is 9.97 Å². The van der Waals surface area contributed by atoms with Crippen LogP contribution in [0, 0.1) is 11.3 Å². The van der Waals surface area contributed by atoms with Gasteiger partial charge in [0.25, 0.3) is 0 Å². The fourth-order valence-electron chi connectivity index (χ4n) is 6.85. The molecular formula is C43H24N4O2. The largest absolute Gasteiger partial charge is 0.436 e. The second kappa shape index (κ2) is 10.5. The van der Waals surface area contributed by atoms with Crippen molar-refractivity contribution in [2.75, 3.05) is 0 Å². The van der Waals surface area contributed by atoms with E-state index in [-0.39, 0.29) is 0 Å². The van der Waals surface area contributed by atoms with Crippen molar-refractivity contribution in [3.05, 3.63) is 151 Å². The Kier molecular flexibility index (Phi) is 5.84. The standard InChI is InChI=1S/C43H24N4O2/c44-25-26-9-11-27(12-10-26)28-13-14-30-22-33(18-15-29(30)21-28)47-38-19-16-31(42-45-36-5-1-3-7-40(36)48-42)23-34(38)35-24-32(17-20-39(35)47)43-46-37-6-2-4-8-41(37)49-43/h1-24H. The summed E-state index contributed by atoms with van der Waals surface area (Å²) in [4.78, 5) is 9.57. The molecule has 6 heteroatoms. The summed E-state index contributed by atoms with van der Waals surface area (Å²) < 4.78 is 14.7. The van der Waals surface area contributed by atoms with E-state index in [4.69, 9.17) is 18.8 Å². The molecule has 7 aromatic carbocycles. The third kappa shape index (κ3) is 4.41. The van der Waals surface area contributed by atoms with Crippen molar-refractivity contribution in [2.45, 2.75) is 0 Å². The molecule has 0 radical (unpaired) electrons. The molecule has 0 saturated carbocycles. The molecule has 49 heavy (non-hydrogen) atoms. The molecule has 0 aliphatic rings. The van der Waals surface area contributed by atoms with Crippen LogP contribution < -0.4 is 0 Å². The number of aromatic nitrogens is 3. The van der Waals surface area contributed by atoms with Crippen LogP contribution >= 0.6 is 0 Å². The summed E-state index contributed by atoms with van der Waals surface area (Å²) in [6, 6.07) is 51.4. The van der Waals surface area contributed by atoms with Crippen molar-refractivity contribution in [3.8, 4) is 45.8 Å². The normalized spacial score (nSPS) is 11.7. The van der Waals surface area contributed by atoms with Gasteiger partial charge in [0, 0.05) is 27.6 Å². The van der Waals surface area contributed by atoms with Crippen LogP contribution in [0.5, 0.6) is 0 Å². The van der Waals surface area contributed by atoms with Gasteiger partial charge in [-0.1, -0.05) is 54.6 Å². The molecule has 0 N–H and O–H groups in total. The van der Waals surface area contributed by atoms with Gasteiger partial charge in [-0.15, -0.1) is 0 Å². The maximum absolute atomic E-state index is 9.20. The second-order valence-corrected chi connectivity index (χ2v) is 12.2. The van der Waals surface area contributed by atoms with Gasteiger partial charge >= 0.3 is 0 Å². The van der Waals surface area contributed by atoms with E-state index in [2.05, 4.69) is 83.4 Å². The Morgan fingerprint density at radius 3 is 1.61 bits per heavy atom. The highest BCUT2D eigenvalue weighted by atomic mass is 16.4. The molecule has 0 atom stereocenters. The molecule has 10 rings (SSSR count). The third-order valence-electron chi connectivity index (χ3n) is 9.28. The smallest absolute Gasteiger partial charge is 0.227 e. The first-order valence-electron chi connectivity index (χ1n) is 16.0. The molecule has 10 aromatic rings. The molecule has 0 amide bonds. The molecule has 0 aliphatic heterocycles. The highest BCUT2D eigenvalue weighted by Crippen LogP contribution is 2.38. The zero-order chi connectivity index (χ0) is 32.5. The monoisotopic (exact) mass is 628 g/mol. The zero-order valence-corrected chi connectivity index (χ0v) is 26.0. The molecule has 0 aliphatic carbocycles. The SMILES string of the molecule is N#Cc1ccc(-c2ccc3cc(-n4c5ccc(-c6nc7ccccc7o6)cc5c5cc(-c6nc7ccccc7o6)ccc54)ccc3c2)cc1. The molecule has 0 bridgehead atoms. The first kappa shape index (κ1) is 27.2. The first-order chi connectivity index (χ1) is 24.2. The van der Waals surface area contributed by atoms with Gasteiger partial charge in [0.15, 0.2) is 11.2 Å². The molecular weight excluding hydrogens is 604 g/mol. The van der Waals surface area contributed by atoms with Crippen molar-refractivity contribution in [1.29, 1.82) is 5.26 Å². The maximum atomic E-state index is 9.20. The number of oxazole rings is 2. The summed E-state index contributed by atoms with van der Waals surface area (Å²) in [6.45, 7) is 0. The van der Waals surface area contributed by atoms with E-state index < -0.39 is 0 Å². The number of hydrogen-bond acceptors (Lipinski definition) is 5. The fourth-order valence-corrected chi connectivity index (χ4v) is 6.85. The number of fused-ring (bicyclic) bond motifs is 6. The molecule has 0 unspecified atom stereocenters. The number of nitrogens with zero attached hydrogens (tertiary/aromatic N) is 4. The third-order valence-corrected chi connectivity index (χ3v) is 9.28. The van der Waals surface area contributed by atoms with Crippen LogP contribution in [0.1, 0.15) is 5.56 Å². The molecule has 3 heterocycles. The summed E-state index contributed by atoms with van der Waals surface area (Å²) in [5, 5.41) is 13.6. The minimum Gasteiger partial charge on any atom is -0.436 e. The van der Waals surface area contributed by atoms with E-state index in [1.807, 2.05) is 72.8 Å². The van der Waals surface area contributed by atoms with E-state index in [0.717, 1.165) is 82.7 Å². The van der Waals surface area contributed by atoms with Crippen LogP contribution in [0.25, 0.3) is 94.5 Å². The van der Waals surface area contributed by atoms with Gasteiger partial charge in [0.05, 0.1) is 22.7 Å². The van der Waals surface area contributed by atoms with E-state index in [9.17, 15) is 5.26 Å². The van der Waals surface area contributed by atoms with Gasteiger partial charge in [-0.3, -0.25) is 0 Å².